The molecular weight excluding hydrogens is 384 g/mol. The molecule has 0 atom stereocenters. The molecular formula is C26H18N4O. The van der Waals surface area contributed by atoms with Gasteiger partial charge in [0.25, 0.3) is 0 Å². The maximum absolute atomic E-state index is 6.13. The highest BCUT2D eigenvalue weighted by molar-refractivity contribution is 5.87. The molecule has 0 radical (unpaired) electrons. The van der Waals surface area contributed by atoms with E-state index in [1.807, 2.05) is 79.0 Å². The number of nitrogens with zero attached hydrogens (tertiary/aromatic N) is 4. The Morgan fingerprint density at radius 1 is 0.613 bits per heavy atom. The highest BCUT2D eigenvalue weighted by atomic mass is 16.5. The molecule has 0 N–H and O–H groups in total. The van der Waals surface area contributed by atoms with E-state index in [-0.39, 0.29) is 0 Å². The molecule has 0 unspecified atom stereocenters. The minimum atomic E-state index is 0.820. The number of fused-ring (bicyclic) bond motifs is 2. The van der Waals surface area contributed by atoms with Crippen LogP contribution >= 0.6 is 0 Å². The molecule has 5 aromatic rings. The Morgan fingerprint density at radius 2 is 1.26 bits per heavy atom. The molecule has 1 aliphatic heterocycles. The van der Waals surface area contributed by atoms with Gasteiger partial charge in [0.2, 0.25) is 0 Å². The lowest BCUT2D eigenvalue weighted by molar-refractivity contribution is 0.477. The Bertz CT molecular complexity index is 1330. The van der Waals surface area contributed by atoms with Gasteiger partial charge in [-0.3, -0.25) is 0 Å². The summed E-state index contributed by atoms with van der Waals surface area (Å²) in [6.07, 6.45) is 1.95. The van der Waals surface area contributed by atoms with Gasteiger partial charge in [0.1, 0.15) is 5.69 Å². The van der Waals surface area contributed by atoms with Crippen molar-refractivity contribution in [2.24, 2.45) is 0 Å². The Hall–Kier alpha value is -4.38. The topological polar surface area (TPSA) is 43.2 Å². The molecule has 0 aliphatic carbocycles. The number of hydrogen-bond donors (Lipinski definition) is 0. The molecule has 0 saturated heterocycles. The van der Waals surface area contributed by atoms with Crippen molar-refractivity contribution in [1.82, 2.24) is 15.0 Å². The van der Waals surface area contributed by atoms with Gasteiger partial charge in [0.15, 0.2) is 11.5 Å². The number of anilines is 3. The maximum Gasteiger partial charge on any atom is 0.151 e. The summed E-state index contributed by atoms with van der Waals surface area (Å²) in [5.74, 6) is 1.67. The maximum atomic E-state index is 6.13. The van der Waals surface area contributed by atoms with Crippen LogP contribution < -0.4 is 9.64 Å². The number of benzene rings is 4. The molecule has 5 nitrogen and oxygen atoms in total. The molecule has 0 bridgehead atoms. The second-order valence-electron chi connectivity index (χ2n) is 7.31. The Kier molecular flexibility index (Phi) is 4.03. The number of hydrogen-bond acceptors (Lipinski definition) is 4. The van der Waals surface area contributed by atoms with Crippen LogP contribution in [0.2, 0.25) is 0 Å². The lowest BCUT2D eigenvalue weighted by Gasteiger charge is -2.32. The first-order chi connectivity index (χ1) is 15.4. The predicted molar refractivity (Wildman–Crippen MR) is 122 cm³/mol. The van der Waals surface area contributed by atoms with E-state index in [4.69, 9.17) is 4.74 Å². The summed E-state index contributed by atoms with van der Waals surface area (Å²) >= 11 is 0. The van der Waals surface area contributed by atoms with Gasteiger partial charge in [-0.05, 0) is 48.5 Å². The summed E-state index contributed by atoms with van der Waals surface area (Å²) < 4.78 is 7.92. The molecule has 1 aromatic heterocycles. The minimum absolute atomic E-state index is 0.820. The summed E-state index contributed by atoms with van der Waals surface area (Å²) in [4.78, 5) is 2.22. The first-order valence-electron chi connectivity index (χ1n) is 10.1. The normalized spacial score (nSPS) is 12.1. The lowest BCUT2D eigenvalue weighted by Crippen LogP contribution is -2.15. The Morgan fingerprint density at radius 3 is 2.00 bits per heavy atom. The zero-order valence-corrected chi connectivity index (χ0v) is 16.6. The average Bonchev–Trinajstić information content (AvgIpc) is 3.34. The van der Waals surface area contributed by atoms with Crippen molar-refractivity contribution >= 4 is 17.1 Å². The molecule has 31 heavy (non-hydrogen) atoms. The van der Waals surface area contributed by atoms with E-state index in [0.29, 0.717) is 0 Å². The highest BCUT2D eigenvalue weighted by Gasteiger charge is 2.25. The van der Waals surface area contributed by atoms with Crippen molar-refractivity contribution in [3.05, 3.63) is 109 Å². The van der Waals surface area contributed by atoms with Crippen molar-refractivity contribution in [2.45, 2.75) is 0 Å². The number of aromatic nitrogens is 3. The van der Waals surface area contributed by atoms with Crippen molar-refractivity contribution in [2.75, 3.05) is 4.90 Å². The fourth-order valence-corrected chi connectivity index (χ4v) is 3.89. The van der Waals surface area contributed by atoms with Gasteiger partial charge in [0.05, 0.1) is 23.3 Å². The molecule has 0 saturated carbocycles. The predicted octanol–water partition coefficient (Wildman–Crippen LogP) is 6.51. The van der Waals surface area contributed by atoms with Crippen molar-refractivity contribution in [3.8, 4) is 28.4 Å². The third kappa shape index (κ3) is 3.04. The SMILES string of the molecule is c1ccc(-n2cc(-c3cccc(N4c5ccccc5Oc5ccccc54)c3)nn2)cc1. The van der Waals surface area contributed by atoms with Crippen LogP contribution in [0.5, 0.6) is 11.5 Å². The van der Waals surface area contributed by atoms with Crippen LogP contribution in [0.15, 0.2) is 109 Å². The smallest absolute Gasteiger partial charge is 0.151 e. The molecule has 148 valence electrons. The second kappa shape index (κ2) is 7.15. The summed E-state index contributed by atoms with van der Waals surface area (Å²) in [5, 5.41) is 8.72. The molecule has 0 fully saturated rings. The minimum Gasteiger partial charge on any atom is -0.453 e. The average molecular weight is 402 g/mol. The summed E-state index contributed by atoms with van der Waals surface area (Å²) in [6, 6.07) is 34.5. The van der Waals surface area contributed by atoms with Crippen molar-refractivity contribution in [1.29, 1.82) is 0 Å². The van der Waals surface area contributed by atoms with Gasteiger partial charge in [-0.1, -0.05) is 59.8 Å². The van der Waals surface area contributed by atoms with Crippen molar-refractivity contribution in [3.63, 3.8) is 0 Å². The lowest BCUT2D eigenvalue weighted by atomic mass is 10.1. The van der Waals surface area contributed by atoms with Gasteiger partial charge in [-0.2, -0.15) is 0 Å². The van der Waals surface area contributed by atoms with E-state index in [2.05, 4.69) is 45.5 Å². The second-order valence-corrected chi connectivity index (χ2v) is 7.31. The van der Waals surface area contributed by atoms with Gasteiger partial charge < -0.3 is 9.64 Å². The van der Waals surface area contributed by atoms with Gasteiger partial charge in [-0.25, -0.2) is 4.68 Å². The fraction of sp³-hybridized carbons (Fsp3) is 0. The standard InChI is InChI=1S/C26H18N4O/c1-2-10-20(11-3-1)29-18-22(27-28-29)19-9-8-12-21(17-19)30-23-13-4-6-15-25(23)31-26-16-7-5-14-24(26)30/h1-18H. The van der Waals surface area contributed by atoms with Gasteiger partial charge in [0, 0.05) is 11.3 Å². The molecule has 1 aliphatic rings. The Labute approximate surface area is 179 Å². The van der Waals surface area contributed by atoms with Crippen LogP contribution in [0, 0.1) is 0 Å². The summed E-state index contributed by atoms with van der Waals surface area (Å²) in [6.45, 7) is 0. The highest BCUT2D eigenvalue weighted by Crippen LogP contribution is 2.50. The Balaban J connectivity index is 1.44. The third-order valence-corrected chi connectivity index (χ3v) is 5.35. The van der Waals surface area contributed by atoms with E-state index in [0.717, 1.165) is 45.5 Å². The largest absolute Gasteiger partial charge is 0.453 e. The van der Waals surface area contributed by atoms with Crippen LogP contribution in [0.1, 0.15) is 0 Å². The van der Waals surface area contributed by atoms with E-state index in [1.54, 1.807) is 4.68 Å². The summed E-state index contributed by atoms with van der Waals surface area (Å²) in [5.41, 5.74) is 5.85. The van der Waals surface area contributed by atoms with E-state index < -0.39 is 0 Å². The number of para-hydroxylation sites is 5. The zero-order chi connectivity index (χ0) is 20.6. The zero-order valence-electron chi connectivity index (χ0n) is 16.6. The van der Waals surface area contributed by atoms with Crippen LogP contribution in [0.25, 0.3) is 16.9 Å². The van der Waals surface area contributed by atoms with Gasteiger partial charge in [-0.15, -0.1) is 5.10 Å². The van der Waals surface area contributed by atoms with Crippen LogP contribution in [-0.2, 0) is 0 Å². The first-order valence-corrected chi connectivity index (χ1v) is 10.1. The van der Waals surface area contributed by atoms with Crippen LogP contribution in [0.3, 0.4) is 0 Å². The summed E-state index contributed by atoms with van der Waals surface area (Å²) in [7, 11) is 0. The van der Waals surface area contributed by atoms with E-state index in [1.165, 1.54) is 0 Å². The molecule has 4 aromatic carbocycles. The third-order valence-electron chi connectivity index (χ3n) is 5.35. The molecule has 0 amide bonds. The number of rotatable bonds is 3. The van der Waals surface area contributed by atoms with E-state index >= 15 is 0 Å². The van der Waals surface area contributed by atoms with Crippen molar-refractivity contribution < 1.29 is 4.74 Å². The molecule has 5 heteroatoms. The van der Waals surface area contributed by atoms with E-state index in [9.17, 15) is 0 Å². The van der Waals surface area contributed by atoms with Crippen LogP contribution in [0.4, 0.5) is 17.1 Å². The van der Waals surface area contributed by atoms with Crippen LogP contribution in [-0.4, -0.2) is 15.0 Å². The molecule has 2 heterocycles. The van der Waals surface area contributed by atoms with Gasteiger partial charge >= 0.3 is 0 Å². The fourth-order valence-electron chi connectivity index (χ4n) is 3.89. The molecule has 6 rings (SSSR count). The monoisotopic (exact) mass is 402 g/mol. The molecule has 0 spiro atoms. The quantitative estimate of drug-likeness (QED) is 0.338. The number of ether oxygens (including phenoxy) is 1. The first kappa shape index (κ1) is 17.5.